The van der Waals surface area contributed by atoms with Gasteiger partial charge in [0, 0.05) is 23.4 Å². The van der Waals surface area contributed by atoms with E-state index in [9.17, 15) is 10.1 Å². The number of benzene rings is 1. The van der Waals surface area contributed by atoms with E-state index < -0.39 is 0 Å². The van der Waals surface area contributed by atoms with Gasteiger partial charge in [-0.2, -0.15) is 11.8 Å². The highest BCUT2D eigenvalue weighted by atomic mass is 32.2. The molecule has 0 heterocycles. The Balaban J connectivity index is 2.23. The third-order valence-electron chi connectivity index (χ3n) is 3.75. The van der Waals surface area contributed by atoms with Crippen molar-refractivity contribution >= 4 is 23.1 Å². The number of nitrogens with one attached hydrogen (secondary N) is 1. The van der Waals surface area contributed by atoms with Gasteiger partial charge in [-0.15, -0.1) is 0 Å². The number of nitro groups is 1. The summed E-state index contributed by atoms with van der Waals surface area (Å²) in [6.45, 7) is 0. The van der Waals surface area contributed by atoms with Crippen LogP contribution in [-0.4, -0.2) is 29.6 Å². The molecule has 2 atom stereocenters. The molecule has 1 fully saturated rings. The van der Waals surface area contributed by atoms with Gasteiger partial charge in [0.1, 0.15) is 11.4 Å². The number of anilines is 1. The second-order valence-electron chi connectivity index (χ2n) is 4.95. The van der Waals surface area contributed by atoms with Crippen LogP contribution in [-0.2, 0) is 0 Å². The minimum Gasteiger partial charge on any atom is -0.497 e. The summed E-state index contributed by atoms with van der Waals surface area (Å²) < 4.78 is 5.16. The van der Waals surface area contributed by atoms with Crippen molar-refractivity contribution in [1.29, 1.82) is 0 Å². The lowest BCUT2D eigenvalue weighted by molar-refractivity contribution is -0.384. The highest BCUT2D eigenvalue weighted by Crippen LogP contribution is 2.34. The average Bonchev–Trinajstić information content (AvgIpc) is 2.47. The Morgan fingerprint density at radius 3 is 2.80 bits per heavy atom. The van der Waals surface area contributed by atoms with Crippen LogP contribution < -0.4 is 10.1 Å². The molecule has 0 aliphatic heterocycles. The molecule has 0 saturated heterocycles. The van der Waals surface area contributed by atoms with Gasteiger partial charge in [0.25, 0.3) is 5.69 Å². The van der Waals surface area contributed by atoms with Crippen molar-refractivity contribution in [3.63, 3.8) is 0 Å². The fraction of sp³-hybridized carbons (Fsp3) is 0.571. The van der Waals surface area contributed by atoms with E-state index in [0.717, 1.165) is 12.8 Å². The summed E-state index contributed by atoms with van der Waals surface area (Å²) in [4.78, 5) is 10.8. The first-order valence-electron chi connectivity index (χ1n) is 6.77. The quantitative estimate of drug-likeness (QED) is 0.663. The standard InChI is InChI=1S/C14H20N2O3S/c1-19-10-7-8-13(16(17)18)12(9-10)15-11-5-3-4-6-14(11)20-2/h7-9,11,14-15H,3-6H2,1-2H3. The average molecular weight is 296 g/mol. The summed E-state index contributed by atoms with van der Waals surface area (Å²) in [6.07, 6.45) is 6.73. The molecule has 0 spiro atoms. The van der Waals surface area contributed by atoms with Gasteiger partial charge in [-0.1, -0.05) is 12.8 Å². The van der Waals surface area contributed by atoms with Crippen molar-refractivity contribution in [1.82, 2.24) is 0 Å². The third kappa shape index (κ3) is 3.36. The zero-order valence-corrected chi connectivity index (χ0v) is 12.6. The van der Waals surface area contributed by atoms with Crippen LogP contribution in [0.2, 0.25) is 0 Å². The molecule has 2 rings (SSSR count). The fourth-order valence-corrected chi connectivity index (χ4v) is 3.60. The van der Waals surface area contributed by atoms with Crippen LogP contribution in [0.3, 0.4) is 0 Å². The molecule has 0 radical (unpaired) electrons. The highest BCUT2D eigenvalue weighted by molar-refractivity contribution is 7.99. The molecule has 1 aliphatic carbocycles. The van der Waals surface area contributed by atoms with E-state index in [2.05, 4.69) is 11.6 Å². The van der Waals surface area contributed by atoms with Crippen molar-refractivity contribution in [2.45, 2.75) is 37.0 Å². The third-order valence-corrected chi connectivity index (χ3v) is 4.92. The first-order chi connectivity index (χ1) is 9.65. The van der Waals surface area contributed by atoms with Gasteiger partial charge in [-0.3, -0.25) is 10.1 Å². The SMILES string of the molecule is COc1ccc([N+](=O)[O-])c(NC2CCCCC2SC)c1. The molecular formula is C14H20N2O3S. The topological polar surface area (TPSA) is 64.4 Å². The molecule has 110 valence electrons. The van der Waals surface area contributed by atoms with Crippen molar-refractivity contribution < 1.29 is 9.66 Å². The molecular weight excluding hydrogens is 276 g/mol. The predicted octanol–water partition coefficient (Wildman–Crippen LogP) is 3.69. The molecule has 1 aromatic carbocycles. The van der Waals surface area contributed by atoms with Crippen LogP contribution in [0.5, 0.6) is 5.75 Å². The maximum Gasteiger partial charge on any atom is 0.292 e. The summed E-state index contributed by atoms with van der Waals surface area (Å²) in [5.74, 6) is 0.634. The van der Waals surface area contributed by atoms with Crippen LogP contribution in [0, 0.1) is 10.1 Å². The lowest BCUT2D eigenvalue weighted by Gasteiger charge is -2.31. The molecule has 0 aromatic heterocycles. The lowest BCUT2D eigenvalue weighted by atomic mass is 9.94. The largest absolute Gasteiger partial charge is 0.497 e. The van der Waals surface area contributed by atoms with E-state index >= 15 is 0 Å². The number of hydrogen-bond acceptors (Lipinski definition) is 5. The Labute approximate surface area is 123 Å². The lowest BCUT2D eigenvalue weighted by Crippen LogP contribution is -2.34. The minimum absolute atomic E-state index is 0.108. The van der Waals surface area contributed by atoms with Crippen LogP contribution in [0.15, 0.2) is 18.2 Å². The van der Waals surface area contributed by atoms with Crippen molar-refractivity contribution in [2.75, 3.05) is 18.7 Å². The minimum atomic E-state index is -0.349. The van der Waals surface area contributed by atoms with Crippen molar-refractivity contribution in [3.05, 3.63) is 28.3 Å². The highest BCUT2D eigenvalue weighted by Gasteiger charge is 2.26. The van der Waals surface area contributed by atoms with Crippen LogP contribution in [0.4, 0.5) is 11.4 Å². The monoisotopic (exact) mass is 296 g/mol. The number of methoxy groups -OCH3 is 1. The molecule has 1 aliphatic rings. The van der Waals surface area contributed by atoms with E-state index in [4.69, 9.17) is 4.74 Å². The Kier molecular flexibility index (Phi) is 5.11. The number of nitro benzene ring substituents is 1. The number of rotatable bonds is 5. The molecule has 1 aromatic rings. The van der Waals surface area contributed by atoms with Gasteiger partial charge >= 0.3 is 0 Å². The maximum atomic E-state index is 11.1. The Hall–Kier alpha value is -1.43. The summed E-state index contributed by atoms with van der Waals surface area (Å²) in [7, 11) is 1.57. The molecule has 0 bridgehead atoms. The summed E-state index contributed by atoms with van der Waals surface area (Å²) in [5.41, 5.74) is 0.663. The molecule has 20 heavy (non-hydrogen) atoms. The smallest absolute Gasteiger partial charge is 0.292 e. The van der Waals surface area contributed by atoms with Gasteiger partial charge < -0.3 is 10.1 Å². The molecule has 0 amide bonds. The summed E-state index contributed by atoms with van der Waals surface area (Å²) in [6, 6.07) is 5.11. The Morgan fingerprint density at radius 1 is 1.40 bits per heavy atom. The van der Waals surface area contributed by atoms with Gasteiger partial charge in [0.15, 0.2) is 0 Å². The zero-order valence-electron chi connectivity index (χ0n) is 11.8. The molecule has 1 N–H and O–H groups in total. The molecule has 2 unspecified atom stereocenters. The first-order valence-corrected chi connectivity index (χ1v) is 8.06. The first kappa shape index (κ1) is 15.0. The van der Waals surface area contributed by atoms with E-state index in [1.54, 1.807) is 19.2 Å². The summed E-state index contributed by atoms with van der Waals surface area (Å²) >= 11 is 1.83. The van der Waals surface area contributed by atoms with Gasteiger partial charge in [-0.05, 0) is 25.2 Å². The number of hydrogen-bond donors (Lipinski definition) is 1. The molecule has 1 saturated carbocycles. The van der Waals surface area contributed by atoms with E-state index in [1.807, 2.05) is 11.8 Å². The predicted molar refractivity (Wildman–Crippen MR) is 82.8 cm³/mol. The number of nitrogens with zero attached hydrogens (tertiary/aromatic N) is 1. The number of ether oxygens (including phenoxy) is 1. The van der Waals surface area contributed by atoms with E-state index in [-0.39, 0.29) is 16.7 Å². The van der Waals surface area contributed by atoms with Gasteiger partial charge in [0.2, 0.25) is 0 Å². The Bertz CT molecular complexity index is 481. The number of thioether (sulfide) groups is 1. The maximum absolute atomic E-state index is 11.1. The fourth-order valence-electron chi connectivity index (χ4n) is 2.66. The molecule has 6 heteroatoms. The normalized spacial score (nSPS) is 22.3. The summed E-state index contributed by atoms with van der Waals surface area (Å²) in [5, 5.41) is 15.0. The van der Waals surface area contributed by atoms with Crippen LogP contribution in [0.25, 0.3) is 0 Å². The second kappa shape index (κ2) is 6.83. The second-order valence-corrected chi connectivity index (χ2v) is 6.03. The molecule has 5 nitrogen and oxygen atoms in total. The van der Waals surface area contributed by atoms with Crippen molar-refractivity contribution in [3.8, 4) is 5.75 Å². The zero-order chi connectivity index (χ0) is 14.5. The van der Waals surface area contributed by atoms with Crippen LogP contribution >= 0.6 is 11.8 Å². The Morgan fingerprint density at radius 2 is 2.15 bits per heavy atom. The van der Waals surface area contributed by atoms with E-state index in [1.165, 1.54) is 18.9 Å². The van der Waals surface area contributed by atoms with Crippen molar-refractivity contribution in [2.24, 2.45) is 0 Å². The van der Waals surface area contributed by atoms with Gasteiger partial charge in [-0.25, -0.2) is 0 Å². The van der Waals surface area contributed by atoms with E-state index in [0.29, 0.717) is 16.7 Å². The van der Waals surface area contributed by atoms with Gasteiger partial charge in [0.05, 0.1) is 12.0 Å². The van der Waals surface area contributed by atoms with Crippen LogP contribution in [0.1, 0.15) is 25.7 Å².